The van der Waals surface area contributed by atoms with E-state index in [0.29, 0.717) is 5.56 Å². The van der Waals surface area contributed by atoms with Crippen molar-refractivity contribution in [2.75, 3.05) is 7.11 Å². The van der Waals surface area contributed by atoms with Crippen molar-refractivity contribution in [1.29, 1.82) is 0 Å². The highest BCUT2D eigenvalue weighted by atomic mass is 19.4. The van der Waals surface area contributed by atoms with Crippen LogP contribution in [0.5, 0.6) is 0 Å². The molecule has 0 aliphatic carbocycles. The molecule has 76 valence electrons. The maximum atomic E-state index is 12.1. The summed E-state index contributed by atoms with van der Waals surface area (Å²) in [6.07, 6.45) is -0.362. The molecule has 0 aromatic carbocycles. The number of halogens is 3. The molecule has 2 nitrogen and oxygen atoms in total. The summed E-state index contributed by atoms with van der Waals surface area (Å²) in [4.78, 5) is 3.27. The van der Waals surface area contributed by atoms with Crippen LogP contribution in [0.3, 0.4) is 0 Å². The summed E-state index contributed by atoms with van der Waals surface area (Å²) >= 11 is 0. The average Bonchev–Trinajstić information content (AvgIpc) is 2.14. The third-order valence-corrected chi connectivity index (χ3v) is 1.47. The molecule has 1 aromatic heterocycles. The highest BCUT2D eigenvalue weighted by Crippen LogP contribution is 2.27. The summed E-state index contributed by atoms with van der Waals surface area (Å²) in [5.41, 5.74) is -0.341. The lowest BCUT2D eigenvalue weighted by Crippen LogP contribution is -2.07. The minimum atomic E-state index is -4.39. The standard InChI is InChI=1S/C9H8F3NO/c1-14-5-4-7-2-3-8(13-6-7)9(10,11)12/h2-6H,1H3. The van der Waals surface area contributed by atoms with E-state index in [-0.39, 0.29) is 0 Å². The highest BCUT2D eigenvalue weighted by Gasteiger charge is 2.31. The van der Waals surface area contributed by atoms with Crippen molar-refractivity contribution in [3.63, 3.8) is 0 Å². The Balaban J connectivity index is 2.84. The number of nitrogens with zero attached hydrogens (tertiary/aromatic N) is 1. The van der Waals surface area contributed by atoms with E-state index in [9.17, 15) is 13.2 Å². The minimum absolute atomic E-state index is 0.555. The molecule has 0 N–H and O–H groups in total. The van der Waals surface area contributed by atoms with Crippen LogP contribution in [0.2, 0.25) is 0 Å². The number of rotatable bonds is 2. The van der Waals surface area contributed by atoms with Crippen molar-refractivity contribution in [3.8, 4) is 0 Å². The molecule has 0 saturated heterocycles. The van der Waals surface area contributed by atoms with Gasteiger partial charge in [0.25, 0.3) is 0 Å². The van der Waals surface area contributed by atoms with E-state index in [1.165, 1.54) is 25.5 Å². The van der Waals surface area contributed by atoms with Crippen molar-refractivity contribution in [2.45, 2.75) is 6.18 Å². The lowest BCUT2D eigenvalue weighted by atomic mass is 10.2. The molecule has 0 amide bonds. The van der Waals surface area contributed by atoms with Gasteiger partial charge in [-0.25, -0.2) is 0 Å². The zero-order valence-electron chi connectivity index (χ0n) is 7.38. The first-order valence-corrected chi connectivity index (χ1v) is 3.76. The molecule has 0 fully saturated rings. The number of hydrogen-bond acceptors (Lipinski definition) is 2. The zero-order valence-corrected chi connectivity index (χ0v) is 7.38. The summed E-state index contributed by atoms with van der Waals surface area (Å²) in [5.74, 6) is 0. The highest BCUT2D eigenvalue weighted by molar-refractivity contribution is 5.46. The molecule has 0 spiro atoms. The summed E-state index contributed by atoms with van der Waals surface area (Å²) in [5, 5.41) is 0. The monoisotopic (exact) mass is 203 g/mol. The summed E-state index contributed by atoms with van der Waals surface area (Å²) in [6, 6.07) is 2.25. The maximum absolute atomic E-state index is 12.1. The second-order valence-corrected chi connectivity index (χ2v) is 2.51. The second kappa shape index (κ2) is 4.13. The van der Waals surface area contributed by atoms with Gasteiger partial charge in [0.05, 0.1) is 13.4 Å². The Hall–Kier alpha value is -1.52. The molecule has 0 aliphatic heterocycles. The SMILES string of the molecule is COC=Cc1ccc(C(F)(F)F)nc1. The smallest absolute Gasteiger partial charge is 0.433 e. The molecule has 0 bridgehead atoms. The fourth-order valence-electron chi connectivity index (χ4n) is 0.818. The van der Waals surface area contributed by atoms with Crippen LogP contribution in [0.4, 0.5) is 13.2 Å². The quantitative estimate of drug-likeness (QED) is 0.689. The second-order valence-electron chi connectivity index (χ2n) is 2.51. The van der Waals surface area contributed by atoms with E-state index in [4.69, 9.17) is 0 Å². The summed E-state index contributed by atoms with van der Waals surface area (Å²) in [7, 11) is 1.45. The van der Waals surface area contributed by atoms with Crippen LogP contribution >= 0.6 is 0 Å². The average molecular weight is 203 g/mol. The van der Waals surface area contributed by atoms with Crippen LogP contribution in [0.1, 0.15) is 11.3 Å². The molecule has 0 atom stereocenters. The molecule has 0 unspecified atom stereocenters. The number of alkyl halides is 3. The molecule has 1 heterocycles. The van der Waals surface area contributed by atoms with Gasteiger partial charge in [0, 0.05) is 6.20 Å². The van der Waals surface area contributed by atoms with Gasteiger partial charge in [-0.15, -0.1) is 0 Å². The number of ether oxygens (including phenoxy) is 1. The Morgan fingerprint density at radius 3 is 2.50 bits per heavy atom. The van der Waals surface area contributed by atoms with Gasteiger partial charge in [-0.2, -0.15) is 13.2 Å². The number of pyridine rings is 1. The summed E-state index contributed by atoms with van der Waals surface area (Å²) < 4.78 is 40.8. The molecular formula is C9H8F3NO. The lowest BCUT2D eigenvalue weighted by molar-refractivity contribution is -0.141. The van der Waals surface area contributed by atoms with Gasteiger partial charge in [0.2, 0.25) is 0 Å². The van der Waals surface area contributed by atoms with Gasteiger partial charge in [-0.3, -0.25) is 4.98 Å². The fraction of sp³-hybridized carbons (Fsp3) is 0.222. The predicted octanol–water partition coefficient (Wildman–Crippen LogP) is 2.72. The minimum Gasteiger partial charge on any atom is -0.504 e. The van der Waals surface area contributed by atoms with Crippen LogP contribution in [-0.2, 0) is 10.9 Å². The molecule has 5 heteroatoms. The molecule has 0 radical (unpaired) electrons. The Morgan fingerprint density at radius 1 is 1.36 bits per heavy atom. The van der Waals surface area contributed by atoms with Gasteiger partial charge >= 0.3 is 6.18 Å². The van der Waals surface area contributed by atoms with Crippen molar-refractivity contribution in [1.82, 2.24) is 4.98 Å². The van der Waals surface area contributed by atoms with Crippen LogP contribution in [0.25, 0.3) is 6.08 Å². The van der Waals surface area contributed by atoms with Crippen LogP contribution in [0, 0.1) is 0 Å². The van der Waals surface area contributed by atoms with Crippen molar-refractivity contribution in [3.05, 3.63) is 35.8 Å². The van der Waals surface area contributed by atoms with Gasteiger partial charge in [0.1, 0.15) is 5.69 Å². The Labute approximate surface area is 79.0 Å². The number of hydrogen-bond donors (Lipinski definition) is 0. The van der Waals surface area contributed by atoms with Gasteiger partial charge in [-0.1, -0.05) is 6.07 Å². The van der Waals surface area contributed by atoms with Crippen LogP contribution < -0.4 is 0 Å². The lowest BCUT2D eigenvalue weighted by Gasteiger charge is -2.04. The van der Waals surface area contributed by atoms with Gasteiger partial charge < -0.3 is 4.74 Å². The van der Waals surface area contributed by atoms with E-state index in [2.05, 4.69) is 9.72 Å². The predicted molar refractivity (Wildman–Crippen MR) is 45.3 cm³/mol. The van der Waals surface area contributed by atoms with Crippen LogP contribution in [-0.4, -0.2) is 12.1 Å². The number of methoxy groups -OCH3 is 1. The first-order chi connectivity index (χ1) is 6.54. The maximum Gasteiger partial charge on any atom is 0.433 e. The van der Waals surface area contributed by atoms with Gasteiger partial charge in [0.15, 0.2) is 0 Å². The van der Waals surface area contributed by atoms with Crippen molar-refractivity contribution < 1.29 is 17.9 Å². The Morgan fingerprint density at radius 2 is 2.07 bits per heavy atom. The Kier molecular flexibility index (Phi) is 3.11. The topological polar surface area (TPSA) is 22.1 Å². The van der Waals surface area contributed by atoms with Crippen LogP contribution in [0.15, 0.2) is 24.6 Å². The van der Waals surface area contributed by atoms with E-state index in [1.807, 2.05) is 0 Å². The molecule has 0 aliphatic rings. The first kappa shape index (κ1) is 10.6. The zero-order chi connectivity index (χ0) is 10.6. The third kappa shape index (κ3) is 2.76. The van der Waals surface area contributed by atoms with Crippen molar-refractivity contribution >= 4 is 6.08 Å². The normalized spacial score (nSPS) is 12.0. The molecule has 1 rings (SSSR count). The van der Waals surface area contributed by atoms with E-state index < -0.39 is 11.9 Å². The first-order valence-electron chi connectivity index (χ1n) is 3.76. The fourth-order valence-corrected chi connectivity index (χ4v) is 0.818. The Bertz CT molecular complexity index is 316. The molecule has 14 heavy (non-hydrogen) atoms. The molecular weight excluding hydrogens is 195 g/mol. The van der Waals surface area contributed by atoms with Crippen molar-refractivity contribution in [2.24, 2.45) is 0 Å². The number of aromatic nitrogens is 1. The molecule has 0 saturated carbocycles. The van der Waals surface area contributed by atoms with E-state index >= 15 is 0 Å². The molecule has 1 aromatic rings. The summed E-state index contributed by atoms with van der Waals surface area (Å²) in [6.45, 7) is 0. The van der Waals surface area contributed by atoms with Gasteiger partial charge in [-0.05, 0) is 17.7 Å². The van der Waals surface area contributed by atoms with E-state index in [1.54, 1.807) is 0 Å². The van der Waals surface area contributed by atoms with E-state index in [0.717, 1.165) is 12.3 Å². The largest absolute Gasteiger partial charge is 0.504 e. The third-order valence-electron chi connectivity index (χ3n) is 1.47.